The molecule has 1 N–H and O–H groups in total. The number of amides is 1. The summed E-state index contributed by atoms with van der Waals surface area (Å²) in [4.78, 5) is 30.6. The third-order valence-electron chi connectivity index (χ3n) is 7.12. The Labute approximate surface area is 214 Å². The number of hydrogen-bond donors (Lipinski definition) is 1. The molecular weight excluding hydrogens is 488 g/mol. The summed E-state index contributed by atoms with van der Waals surface area (Å²) < 4.78 is 5.78. The maximum atomic E-state index is 13.4. The van der Waals surface area contributed by atoms with Gasteiger partial charge in [0.05, 0.1) is 11.5 Å². The van der Waals surface area contributed by atoms with E-state index >= 15 is 0 Å². The number of hydrogen-bond acceptors (Lipinski definition) is 5. The van der Waals surface area contributed by atoms with Crippen molar-refractivity contribution in [1.29, 1.82) is 0 Å². The normalized spacial score (nSPS) is 25.1. The Hall–Kier alpha value is -2.09. The molecule has 0 spiro atoms. The van der Waals surface area contributed by atoms with Crippen LogP contribution < -0.4 is 0 Å². The lowest BCUT2D eigenvalue weighted by molar-refractivity contribution is -0.141. The summed E-state index contributed by atoms with van der Waals surface area (Å²) >= 11 is 13.1. The number of ether oxygens (including phenoxy) is 1. The van der Waals surface area contributed by atoms with Gasteiger partial charge in [-0.15, -0.1) is 0 Å². The molecule has 1 aromatic heterocycles. The zero-order valence-electron chi connectivity index (χ0n) is 19.0. The van der Waals surface area contributed by atoms with E-state index in [1.165, 1.54) is 37.9 Å². The highest BCUT2D eigenvalue weighted by Gasteiger charge is 2.48. The van der Waals surface area contributed by atoms with Gasteiger partial charge in [0.15, 0.2) is 0 Å². The van der Waals surface area contributed by atoms with E-state index < -0.39 is 0 Å². The highest BCUT2D eigenvalue weighted by atomic mass is 35.5. The molecular formula is C26H27ClN2O3S2. The van der Waals surface area contributed by atoms with Crippen LogP contribution in [0, 0.1) is 11.8 Å². The highest BCUT2D eigenvalue weighted by Crippen LogP contribution is 2.49. The summed E-state index contributed by atoms with van der Waals surface area (Å²) in [5, 5.41) is 0.682. The molecule has 1 aliphatic heterocycles. The number of fused-ring (bicyclic) bond motifs is 2. The van der Waals surface area contributed by atoms with E-state index in [2.05, 4.69) is 11.1 Å². The molecule has 2 heterocycles. The van der Waals surface area contributed by atoms with Crippen LogP contribution in [0.15, 0.2) is 35.2 Å². The first-order valence-corrected chi connectivity index (χ1v) is 13.4. The molecule has 3 unspecified atom stereocenters. The monoisotopic (exact) mass is 514 g/mol. The average molecular weight is 515 g/mol. The lowest BCUT2D eigenvalue weighted by atomic mass is 9.94. The molecule has 3 fully saturated rings. The van der Waals surface area contributed by atoms with Gasteiger partial charge in [-0.25, -0.2) is 0 Å². The zero-order chi connectivity index (χ0) is 23.8. The summed E-state index contributed by atoms with van der Waals surface area (Å²) in [5.74, 6) is 1.09. The molecule has 2 aromatic rings. The molecule has 3 atom stereocenters. The van der Waals surface area contributed by atoms with Crippen LogP contribution in [0.1, 0.15) is 50.3 Å². The smallest absolute Gasteiger partial charge is 0.302 e. The van der Waals surface area contributed by atoms with E-state index in [0.29, 0.717) is 33.2 Å². The number of nitrogens with zero attached hydrogens (tertiary/aromatic N) is 1. The molecule has 5 nitrogen and oxygen atoms in total. The Bertz CT molecular complexity index is 1160. The number of thioether (sulfide) groups is 1. The van der Waals surface area contributed by atoms with Crippen LogP contribution in [-0.2, 0) is 20.7 Å². The molecule has 178 valence electrons. The van der Waals surface area contributed by atoms with Crippen LogP contribution in [0.3, 0.4) is 0 Å². The number of halogens is 1. The van der Waals surface area contributed by atoms with E-state index in [9.17, 15) is 9.59 Å². The number of carbonyl (C=O) groups excluding carboxylic acids is 2. The third kappa shape index (κ3) is 4.83. The molecule has 8 heteroatoms. The largest absolute Gasteiger partial charge is 0.466 e. The number of H-pyrrole nitrogens is 1. The standard InChI is InChI=1S/C26H27ClN2O3S2/c1-15(30)32-10-2-3-18-13-21(17-6-8-20(27)9-7-17)28-22(18)14-24-25(31)29(26(33)34-24)23-12-16-4-5-19(23)11-16/h6-9,13-14,16,19,23,28H,2-5,10-12H2,1H3/b24-14-. The first kappa shape index (κ1) is 23.6. The Morgan fingerprint density at radius 3 is 2.76 bits per heavy atom. The molecule has 0 radical (unpaired) electrons. The molecule has 5 rings (SSSR count). The van der Waals surface area contributed by atoms with Gasteiger partial charge in [-0.3, -0.25) is 14.5 Å². The SMILES string of the molecule is CC(=O)OCCCc1cc(-c2ccc(Cl)cc2)[nH]c1/C=C1\SC(=S)N(C2CC3CCC2C3)C1=O. The van der Waals surface area contributed by atoms with Crippen molar-refractivity contribution in [3.63, 3.8) is 0 Å². The fourth-order valence-electron chi connectivity index (χ4n) is 5.54. The molecule has 1 aromatic carbocycles. The number of aryl methyl sites for hydroxylation is 1. The van der Waals surface area contributed by atoms with Crippen molar-refractivity contribution in [2.24, 2.45) is 11.8 Å². The lowest BCUT2D eigenvalue weighted by Crippen LogP contribution is -2.41. The van der Waals surface area contributed by atoms with Crippen LogP contribution in [0.2, 0.25) is 5.02 Å². The molecule has 2 bridgehead atoms. The first-order valence-electron chi connectivity index (χ1n) is 11.8. The summed E-state index contributed by atoms with van der Waals surface area (Å²) in [5.41, 5.74) is 3.93. The van der Waals surface area contributed by atoms with Gasteiger partial charge in [0.25, 0.3) is 5.91 Å². The number of esters is 1. The number of thiocarbonyl (C=S) groups is 1. The third-order valence-corrected chi connectivity index (χ3v) is 8.70. The van der Waals surface area contributed by atoms with Crippen molar-refractivity contribution < 1.29 is 14.3 Å². The van der Waals surface area contributed by atoms with Gasteiger partial charge in [0.2, 0.25) is 0 Å². The summed E-state index contributed by atoms with van der Waals surface area (Å²) in [6.45, 7) is 1.78. The maximum absolute atomic E-state index is 13.4. The zero-order valence-corrected chi connectivity index (χ0v) is 21.4. The lowest BCUT2D eigenvalue weighted by Gasteiger charge is -2.30. The van der Waals surface area contributed by atoms with Gasteiger partial charge in [0, 0.05) is 29.4 Å². The predicted molar refractivity (Wildman–Crippen MR) is 140 cm³/mol. The maximum Gasteiger partial charge on any atom is 0.302 e. The fraction of sp³-hybridized carbons (Fsp3) is 0.423. The van der Waals surface area contributed by atoms with Crippen LogP contribution in [-0.4, -0.2) is 38.7 Å². The molecule has 1 amide bonds. The van der Waals surface area contributed by atoms with Crippen molar-refractivity contribution in [2.45, 2.75) is 51.5 Å². The molecule has 34 heavy (non-hydrogen) atoms. The number of aromatic nitrogens is 1. The van der Waals surface area contributed by atoms with Gasteiger partial charge in [-0.05, 0) is 79.3 Å². The summed E-state index contributed by atoms with van der Waals surface area (Å²) in [6, 6.07) is 10.0. The van der Waals surface area contributed by atoms with Gasteiger partial charge < -0.3 is 9.72 Å². The van der Waals surface area contributed by atoms with Crippen LogP contribution in [0.4, 0.5) is 0 Å². The molecule has 1 saturated heterocycles. The van der Waals surface area contributed by atoms with E-state index in [1.54, 1.807) is 0 Å². The topological polar surface area (TPSA) is 62.4 Å². The molecule has 2 saturated carbocycles. The second-order valence-electron chi connectivity index (χ2n) is 9.37. The fourth-order valence-corrected chi connectivity index (χ4v) is 7.02. The minimum Gasteiger partial charge on any atom is -0.466 e. The average Bonchev–Trinajstić information content (AvgIpc) is 3.57. The Balaban J connectivity index is 1.40. The van der Waals surface area contributed by atoms with Crippen molar-refractivity contribution in [3.8, 4) is 11.3 Å². The second-order valence-corrected chi connectivity index (χ2v) is 11.5. The number of aromatic amines is 1. The van der Waals surface area contributed by atoms with Gasteiger partial charge in [0.1, 0.15) is 4.32 Å². The first-order chi connectivity index (χ1) is 16.4. The quantitative estimate of drug-likeness (QED) is 0.206. The predicted octanol–water partition coefficient (Wildman–Crippen LogP) is 6.22. The van der Waals surface area contributed by atoms with Gasteiger partial charge >= 0.3 is 5.97 Å². The summed E-state index contributed by atoms with van der Waals surface area (Å²) in [6.07, 6.45) is 8.16. The highest BCUT2D eigenvalue weighted by molar-refractivity contribution is 8.26. The van der Waals surface area contributed by atoms with Crippen molar-refractivity contribution in [3.05, 3.63) is 51.5 Å². The van der Waals surface area contributed by atoms with E-state index in [1.807, 2.05) is 35.2 Å². The van der Waals surface area contributed by atoms with Crippen molar-refractivity contribution in [1.82, 2.24) is 9.88 Å². The number of benzene rings is 1. The number of carbonyl (C=O) groups is 2. The molecule has 2 aliphatic carbocycles. The second kappa shape index (κ2) is 9.88. The van der Waals surface area contributed by atoms with E-state index in [0.717, 1.165) is 41.3 Å². The Kier molecular flexibility index (Phi) is 6.87. The Morgan fingerprint density at radius 2 is 2.09 bits per heavy atom. The van der Waals surface area contributed by atoms with Gasteiger partial charge in [-0.2, -0.15) is 0 Å². The van der Waals surface area contributed by atoms with E-state index in [-0.39, 0.29) is 17.9 Å². The van der Waals surface area contributed by atoms with Crippen molar-refractivity contribution in [2.75, 3.05) is 6.61 Å². The summed E-state index contributed by atoms with van der Waals surface area (Å²) in [7, 11) is 0. The van der Waals surface area contributed by atoms with Gasteiger partial charge in [-0.1, -0.05) is 54.1 Å². The molecule has 3 aliphatic rings. The van der Waals surface area contributed by atoms with E-state index in [4.69, 9.17) is 28.6 Å². The number of nitrogens with one attached hydrogen (secondary N) is 1. The minimum absolute atomic E-state index is 0.0288. The van der Waals surface area contributed by atoms with Crippen LogP contribution >= 0.6 is 35.6 Å². The van der Waals surface area contributed by atoms with Crippen LogP contribution in [0.25, 0.3) is 17.3 Å². The minimum atomic E-state index is -0.277. The Morgan fingerprint density at radius 1 is 1.29 bits per heavy atom. The van der Waals surface area contributed by atoms with Crippen molar-refractivity contribution >= 4 is 57.9 Å². The van der Waals surface area contributed by atoms with Crippen LogP contribution in [0.5, 0.6) is 0 Å². The number of rotatable bonds is 7.